The molecule has 1 fully saturated rings. The Morgan fingerprint density at radius 2 is 1.93 bits per heavy atom. The van der Waals surface area contributed by atoms with Gasteiger partial charge in [0.25, 0.3) is 0 Å². The van der Waals surface area contributed by atoms with E-state index in [1.165, 1.54) is 6.42 Å². The first-order valence-corrected chi connectivity index (χ1v) is 11.1. The van der Waals surface area contributed by atoms with E-state index in [0.29, 0.717) is 22.6 Å². The molecule has 0 aromatic heterocycles. The number of unbranched alkanes of at least 4 members (excludes halogenated alkanes) is 4. The third-order valence-electron chi connectivity index (χ3n) is 4.93. The quantitative estimate of drug-likeness (QED) is 0.327. The zero-order chi connectivity index (χ0) is 19.6. The van der Waals surface area contributed by atoms with Crippen molar-refractivity contribution >= 4 is 22.6 Å². The molecule has 0 amide bonds. The Balaban J connectivity index is 2.27. The predicted octanol–water partition coefficient (Wildman–Crippen LogP) is 4.81. The van der Waals surface area contributed by atoms with Crippen LogP contribution in [0.4, 0.5) is 0 Å². The van der Waals surface area contributed by atoms with E-state index in [0.717, 1.165) is 25.7 Å². The highest BCUT2D eigenvalue weighted by Gasteiger charge is 2.44. The number of esters is 1. The number of benzene rings is 1. The summed E-state index contributed by atoms with van der Waals surface area (Å²) in [5.41, 5.74) is 0. The molecule has 1 aliphatic carbocycles. The van der Waals surface area contributed by atoms with Gasteiger partial charge in [0, 0.05) is 22.1 Å². The summed E-state index contributed by atoms with van der Waals surface area (Å²) < 4.78 is 18.4. The summed E-state index contributed by atoms with van der Waals surface area (Å²) in [5.74, 6) is -1.73. The van der Waals surface area contributed by atoms with Crippen LogP contribution < -0.4 is 0 Å². The van der Waals surface area contributed by atoms with Gasteiger partial charge in [-0.3, -0.25) is 9.59 Å². The number of hydrogen-bond acceptors (Lipinski definition) is 4. The Morgan fingerprint density at radius 1 is 1.19 bits per heavy atom. The highest BCUT2D eigenvalue weighted by atomic mass is 32.2. The third kappa shape index (κ3) is 5.86. The lowest BCUT2D eigenvalue weighted by molar-refractivity contribution is -0.151. The molecule has 3 atom stereocenters. The van der Waals surface area contributed by atoms with E-state index in [-0.39, 0.29) is 18.3 Å². The first-order chi connectivity index (χ1) is 13.1. The van der Waals surface area contributed by atoms with Gasteiger partial charge in [0.2, 0.25) is 0 Å². The molecule has 0 spiro atoms. The zero-order valence-corrected chi connectivity index (χ0v) is 17.1. The van der Waals surface area contributed by atoms with Crippen LogP contribution in [0.2, 0.25) is 0 Å². The van der Waals surface area contributed by atoms with Crippen LogP contribution in [0.3, 0.4) is 0 Å². The fourth-order valence-electron chi connectivity index (χ4n) is 3.54. The minimum atomic E-state index is -1.37. The average molecular weight is 391 g/mol. The Hall–Kier alpha value is -1.75. The molecule has 2 rings (SSSR count). The topological polar surface area (TPSA) is 60.4 Å². The zero-order valence-electron chi connectivity index (χ0n) is 16.3. The van der Waals surface area contributed by atoms with Crippen molar-refractivity contribution in [1.82, 2.24) is 0 Å². The number of ketones is 1. The normalized spacial score (nSPS) is 21.3. The van der Waals surface area contributed by atoms with Crippen molar-refractivity contribution in [3.63, 3.8) is 0 Å². The molecule has 0 aliphatic heterocycles. The molecule has 1 aliphatic rings. The highest BCUT2D eigenvalue weighted by molar-refractivity contribution is 7.89. The van der Waals surface area contributed by atoms with Gasteiger partial charge in [-0.15, -0.1) is 0 Å². The number of carbonyl (C=O) groups is 2. The van der Waals surface area contributed by atoms with E-state index in [1.54, 1.807) is 6.92 Å². The van der Waals surface area contributed by atoms with Crippen LogP contribution in [0.1, 0.15) is 58.8 Å². The van der Waals surface area contributed by atoms with Gasteiger partial charge in [-0.05, 0) is 38.3 Å². The van der Waals surface area contributed by atoms with E-state index in [1.807, 2.05) is 36.4 Å². The third-order valence-corrected chi connectivity index (χ3v) is 6.53. The molecular weight excluding hydrogens is 360 g/mol. The molecule has 0 radical (unpaired) electrons. The minimum absolute atomic E-state index is 0.0969. The number of carbonyl (C=O) groups excluding carboxylic acids is 2. The fraction of sp³-hybridized carbons (Fsp3) is 0.545. The van der Waals surface area contributed by atoms with E-state index in [9.17, 15) is 13.8 Å². The van der Waals surface area contributed by atoms with Crippen LogP contribution in [0, 0.1) is 11.8 Å². The van der Waals surface area contributed by atoms with E-state index >= 15 is 0 Å². The van der Waals surface area contributed by atoms with Crippen LogP contribution in [0.5, 0.6) is 0 Å². The summed E-state index contributed by atoms with van der Waals surface area (Å²) in [7, 11) is -1.37. The molecule has 0 saturated heterocycles. The summed E-state index contributed by atoms with van der Waals surface area (Å²) >= 11 is 0. The number of Topliss-reactive ketones (excluding diaryl/α,β-unsaturated/α-hetero) is 1. The van der Waals surface area contributed by atoms with Crippen molar-refractivity contribution in [3.05, 3.63) is 41.3 Å². The van der Waals surface area contributed by atoms with Crippen LogP contribution in [-0.4, -0.2) is 22.6 Å². The molecule has 1 aromatic carbocycles. The Bertz CT molecular complexity index is 681. The highest BCUT2D eigenvalue weighted by Crippen LogP contribution is 2.38. The van der Waals surface area contributed by atoms with E-state index < -0.39 is 22.7 Å². The van der Waals surface area contributed by atoms with Gasteiger partial charge in [-0.2, -0.15) is 0 Å². The summed E-state index contributed by atoms with van der Waals surface area (Å²) in [6.45, 7) is 4.14. The first-order valence-electron chi connectivity index (χ1n) is 9.96. The van der Waals surface area contributed by atoms with Gasteiger partial charge in [-0.1, -0.05) is 50.5 Å². The number of allylic oxidation sites excluding steroid dienone is 2. The van der Waals surface area contributed by atoms with Gasteiger partial charge in [-0.25, -0.2) is 4.21 Å². The predicted molar refractivity (Wildman–Crippen MR) is 108 cm³/mol. The van der Waals surface area contributed by atoms with E-state index in [4.69, 9.17) is 4.74 Å². The molecule has 5 heteroatoms. The summed E-state index contributed by atoms with van der Waals surface area (Å²) in [6.07, 6.45) is 8.21. The Kier molecular flexibility index (Phi) is 8.92. The molecule has 1 aromatic rings. The monoisotopic (exact) mass is 390 g/mol. The van der Waals surface area contributed by atoms with Crippen LogP contribution >= 0.6 is 0 Å². The van der Waals surface area contributed by atoms with Crippen molar-refractivity contribution in [1.29, 1.82) is 0 Å². The second kappa shape index (κ2) is 11.2. The van der Waals surface area contributed by atoms with Gasteiger partial charge in [0.1, 0.15) is 11.7 Å². The Labute approximate surface area is 164 Å². The maximum atomic E-state index is 13.3. The Morgan fingerprint density at radius 3 is 2.59 bits per heavy atom. The van der Waals surface area contributed by atoms with Crippen molar-refractivity contribution in [2.24, 2.45) is 11.8 Å². The average Bonchev–Trinajstić information content (AvgIpc) is 3.06. The molecule has 27 heavy (non-hydrogen) atoms. The fourth-order valence-corrected chi connectivity index (χ4v) is 5.01. The minimum Gasteiger partial charge on any atom is -0.465 e. The molecule has 148 valence electrons. The first kappa shape index (κ1) is 21.5. The summed E-state index contributed by atoms with van der Waals surface area (Å²) in [5, 5.41) is 0. The maximum absolute atomic E-state index is 13.3. The molecule has 0 heterocycles. The molecule has 3 unspecified atom stereocenters. The standard InChI is InChI=1S/C22H30O4S/c1-3-5-6-7-11-14-20(27(25)17-12-9-8-10-13-17)18-15-16-19(23)21(18)22(24)26-4-2/h8-10,12-14,18,21H,3-7,11,15-16H2,1-2H3/b20-14+. The second-order valence-corrected chi connectivity index (χ2v) is 8.36. The van der Waals surface area contributed by atoms with Crippen LogP contribution in [0.25, 0.3) is 0 Å². The lowest BCUT2D eigenvalue weighted by Gasteiger charge is -2.20. The van der Waals surface area contributed by atoms with Gasteiger partial charge in [0.05, 0.1) is 17.4 Å². The largest absolute Gasteiger partial charge is 0.465 e. The molecule has 1 saturated carbocycles. The summed E-state index contributed by atoms with van der Waals surface area (Å²) in [4.78, 5) is 26.1. The van der Waals surface area contributed by atoms with E-state index in [2.05, 4.69) is 6.92 Å². The van der Waals surface area contributed by atoms with Crippen molar-refractivity contribution in [2.75, 3.05) is 6.61 Å². The van der Waals surface area contributed by atoms with Gasteiger partial charge >= 0.3 is 5.97 Å². The lowest BCUT2D eigenvalue weighted by Crippen LogP contribution is -2.29. The number of hydrogen-bond donors (Lipinski definition) is 0. The maximum Gasteiger partial charge on any atom is 0.317 e. The lowest BCUT2D eigenvalue weighted by atomic mass is 9.94. The SMILES string of the molecule is CCCCCC/C=C(\C1CCC(=O)C1C(=O)OCC)S(=O)c1ccccc1. The number of rotatable bonds is 10. The van der Waals surface area contributed by atoms with Crippen molar-refractivity contribution in [3.8, 4) is 0 Å². The molecule has 0 N–H and O–H groups in total. The van der Waals surface area contributed by atoms with Gasteiger partial charge < -0.3 is 4.74 Å². The number of ether oxygens (including phenoxy) is 1. The smallest absolute Gasteiger partial charge is 0.317 e. The molecular formula is C22H30O4S. The summed E-state index contributed by atoms with van der Waals surface area (Å²) in [6, 6.07) is 9.26. The van der Waals surface area contributed by atoms with Crippen molar-refractivity contribution < 1.29 is 18.5 Å². The van der Waals surface area contributed by atoms with Crippen LogP contribution in [0.15, 0.2) is 46.2 Å². The van der Waals surface area contributed by atoms with Gasteiger partial charge in [0.15, 0.2) is 0 Å². The van der Waals surface area contributed by atoms with Crippen molar-refractivity contribution in [2.45, 2.75) is 63.7 Å². The molecule has 4 nitrogen and oxygen atoms in total. The van der Waals surface area contributed by atoms with Crippen LogP contribution in [-0.2, 0) is 25.1 Å². The molecule has 0 bridgehead atoms. The second-order valence-electron chi connectivity index (χ2n) is 6.88.